The lowest BCUT2D eigenvalue weighted by Crippen LogP contribution is -2.29. The molecule has 0 saturated heterocycles. The summed E-state index contributed by atoms with van der Waals surface area (Å²) in [6, 6.07) is 7.86. The predicted molar refractivity (Wildman–Crippen MR) is 86.6 cm³/mol. The maximum atomic E-state index is 12.0. The fourth-order valence-electron chi connectivity index (χ4n) is 1.94. The van der Waals surface area contributed by atoms with Crippen molar-refractivity contribution in [1.82, 2.24) is 14.7 Å². The van der Waals surface area contributed by atoms with E-state index < -0.39 is 0 Å². The Morgan fingerprint density at radius 1 is 1.45 bits per heavy atom. The average molecular weight is 299 g/mol. The molecule has 0 radical (unpaired) electrons. The van der Waals surface area contributed by atoms with E-state index >= 15 is 0 Å². The summed E-state index contributed by atoms with van der Waals surface area (Å²) in [5, 5.41) is 4.05. The number of ether oxygens (including phenoxy) is 1. The second-order valence-corrected chi connectivity index (χ2v) is 5.21. The van der Waals surface area contributed by atoms with Gasteiger partial charge in [0.2, 0.25) is 5.91 Å². The molecule has 0 aliphatic rings. The van der Waals surface area contributed by atoms with Gasteiger partial charge in [0.25, 0.3) is 0 Å². The van der Waals surface area contributed by atoms with Crippen LogP contribution in [0.3, 0.4) is 0 Å². The van der Waals surface area contributed by atoms with E-state index in [1.807, 2.05) is 44.4 Å². The van der Waals surface area contributed by atoms with Gasteiger partial charge >= 0.3 is 0 Å². The highest BCUT2D eigenvalue weighted by Crippen LogP contribution is 2.12. The van der Waals surface area contributed by atoms with Gasteiger partial charge in [-0.05, 0) is 30.7 Å². The first-order chi connectivity index (χ1) is 10.5. The minimum Gasteiger partial charge on any atom is -0.492 e. The first-order valence-corrected chi connectivity index (χ1v) is 7.16. The van der Waals surface area contributed by atoms with Crippen molar-refractivity contribution >= 4 is 12.0 Å². The van der Waals surface area contributed by atoms with Gasteiger partial charge < -0.3 is 9.64 Å². The summed E-state index contributed by atoms with van der Waals surface area (Å²) in [5.74, 6) is 0.767. The Morgan fingerprint density at radius 3 is 2.95 bits per heavy atom. The van der Waals surface area contributed by atoms with Gasteiger partial charge in [0, 0.05) is 31.9 Å². The van der Waals surface area contributed by atoms with Crippen molar-refractivity contribution in [3.63, 3.8) is 0 Å². The largest absolute Gasteiger partial charge is 0.492 e. The minimum absolute atomic E-state index is 0.0586. The molecule has 0 aliphatic heterocycles. The van der Waals surface area contributed by atoms with E-state index in [2.05, 4.69) is 5.10 Å². The Labute approximate surface area is 130 Å². The number of aryl methyl sites for hydroxylation is 2. The van der Waals surface area contributed by atoms with E-state index in [-0.39, 0.29) is 5.91 Å². The molecule has 2 aromatic rings. The van der Waals surface area contributed by atoms with E-state index in [1.54, 1.807) is 35.0 Å². The molecule has 0 aliphatic carbocycles. The molecule has 1 aromatic carbocycles. The van der Waals surface area contributed by atoms with Crippen molar-refractivity contribution in [2.75, 3.05) is 20.2 Å². The van der Waals surface area contributed by atoms with Crippen molar-refractivity contribution in [2.24, 2.45) is 7.05 Å². The lowest BCUT2D eigenvalue weighted by Gasteiger charge is -2.15. The summed E-state index contributed by atoms with van der Waals surface area (Å²) in [6.07, 6.45) is 6.87. The molecule has 22 heavy (non-hydrogen) atoms. The molecule has 0 unspecified atom stereocenters. The standard InChI is InChI=1S/C17H21N3O2/c1-14-5-4-6-16(11-14)22-10-9-19(2)17(21)8-7-15-12-18-20(3)13-15/h4-8,11-13H,9-10H2,1-3H3/b8-7+. The Balaban J connectivity index is 1.78. The van der Waals surface area contributed by atoms with Crippen LogP contribution >= 0.6 is 0 Å². The van der Waals surface area contributed by atoms with Crippen LogP contribution in [0.1, 0.15) is 11.1 Å². The van der Waals surface area contributed by atoms with Crippen LogP contribution in [0.5, 0.6) is 5.75 Å². The second-order valence-electron chi connectivity index (χ2n) is 5.21. The van der Waals surface area contributed by atoms with Gasteiger partial charge in [-0.1, -0.05) is 12.1 Å². The zero-order chi connectivity index (χ0) is 15.9. The summed E-state index contributed by atoms with van der Waals surface area (Å²) in [6.45, 7) is 3.02. The van der Waals surface area contributed by atoms with Gasteiger partial charge in [-0.25, -0.2) is 0 Å². The molecule has 0 spiro atoms. The molecule has 1 aromatic heterocycles. The molecule has 1 heterocycles. The molecule has 0 atom stereocenters. The number of nitrogens with zero attached hydrogens (tertiary/aromatic N) is 3. The fraction of sp³-hybridized carbons (Fsp3) is 0.294. The van der Waals surface area contributed by atoms with Crippen LogP contribution in [0, 0.1) is 6.92 Å². The van der Waals surface area contributed by atoms with Gasteiger partial charge in [0.05, 0.1) is 12.7 Å². The maximum absolute atomic E-state index is 12.0. The molecule has 116 valence electrons. The third kappa shape index (κ3) is 4.77. The smallest absolute Gasteiger partial charge is 0.246 e. The SMILES string of the molecule is Cc1cccc(OCCN(C)C(=O)/C=C/c2cnn(C)c2)c1. The highest BCUT2D eigenvalue weighted by Gasteiger charge is 2.05. The van der Waals surface area contributed by atoms with Crippen LogP contribution < -0.4 is 4.74 Å². The maximum Gasteiger partial charge on any atom is 0.246 e. The normalized spacial score (nSPS) is 10.9. The van der Waals surface area contributed by atoms with Crippen LogP contribution in [0.15, 0.2) is 42.7 Å². The average Bonchev–Trinajstić information content (AvgIpc) is 2.90. The third-order valence-corrected chi connectivity index (χ3v) is 3.20. The van der Waals surface area contributed by atoms with Crippen LogP contribution in [-0.2, 0) is 11.8 Å². The van der Waals surface area contributed by atoms with Crippen molar-refractivity contribution in [3.8, 4) is 5.75 Å². The Bertz CT molecular complexity index is 661. The number of hydrogen-bond acceptors (Lipinski definition) is 3. The van der Waals surface area contributed by atoms with E-state index in [0.717, 1.165) is 16.9 Å². The highest BCUT2D eigenvalue weighted by atomic mass is 16.5. The number of rotatable bonds is 6. The van der Waals surface area contributed by atoms with Gasteiger partial charge in [0.15, 0.2) is 0 Å². The van der Waals surface area contributed by atoms with Crippen LogP contribution in [-0.4, -0.2) is 40.8 Å². The Kier molecular flexibility index (Phi) is 5.36. The number of carbonyl (C=O) groups excluding carboxylic acids is 1. The highest BCUT2D eigenvalue weighted by molar-refractivity contribution is 5.91. The number of aromatic nitrogens is 2. The van der Waals surface area contributed by atoms with Crippen LogP contribution in [0.2, 0.25) is 0 Å². The van der Waals surface area contributed by atoms with Crippen molar-refractivity contribution in [2.45, 2.75) is 6.92 Å². The molecule has 1 amide bonds. The first kappa shape index (κ1) is 15.8. The predicted octanol–water partition coefficient (Wildman–Crippen LogP) is 2.28. The van der Waals surface area contributed by atoms with Crippen molar-refractivity contribution in [3.05, 3.63) is 53.9 Å². The number of carbonyl (C=O) groups is 1. The number of benzene rings is 1. The zero-order valence-corrected chi connectivity index (χ0v) is 13.2. The molecule has 0 saturated carbocycles. The number of amides is 1. The van der Waals surface area contributed by atoms with Crippen molar-refractivity contribution < 1.29 is 9.53 Å². The number of likely N-dealkylation sites (N-methyl/N-ethyl adjacent to an activating group) is 1. The van der Waals surface area contributed by atoms with E-state index in [0.29, 0.717) is 13.2 Å². The van der Waals surface area contributed by atoms with Crippen LogP contribution in [0.25, 0.3) is 6.08 Å². The minimum atomic E-state index is -0.0586. The molecule has 2 rings (SSSR count). The molecule has 0 N–H and O–H groups in total. The lowest BCUT2D eigenvalue weighted by atomic mass is 10.2. The topological polar surface area (TPSA) is 47.4 Å². The molecule has 0 bridgehead atoms. The van der Waals surface area contributed by atoms with Gasteiger partial charge in [-0.3, -0.25) is 9.48 Å². The summed E-state index contributed by atoms with van der Waals surface area (Å²) >= 11 is 0. The van der Waals surface area contributed by atoms with Crippen LogP contribution in [0.4, 0.5) is 0 Å². The van der Waals surface area contributed by atoms with Gasteiger partial charge in [-0.2, -0.15) is 5.10 Å². The molecular weight excluding hydrogens is 278 g/mol. The summed E-state index contributed by atoms with van der Waals surface area (Å²) < 4.78 is 7.34. The monoisotopic (exact) mass is 299 g/mol. The fourth-order valence-corrected chi connectivity index (χ4v) is 1.94. The molecule has 5 heteroatoms. The third-order valence-electron chi connectivity index (χ3n) is 3.20. The molecule has 0 fully saturated rings. The number of hydrogen-bond donors (Lipinski definition) is 0. The van der Waals surface area contributed by atoms with E-state index in [4.69, 9.17) is 4.74 Å². The summed E-state index contributed by atoms with van der Waals surface area (Å²) in [4.78, 5) is 13.6. The van der Waals surface area contributed by atoms with Gasteiger partial charge in [0.1, 0.15) is 12.4 Å². The lowest BCUT2D eigenvalue weighted by molar-refractivity contribution is -0.125. The first-order valence-electron chi connectivity index (χ1n) is 7.16. The Morgan fingerprint density at radius 2 is 2.27 bits per heavy atom. The molecular formula is C17H21N3O2. The summed E-state index contributed by atoms with van der Waals surface area (Å²) in [7, 11) is 3.60. The molecule has 5 nitrogen and oxygen atoms in total. The summed E-state index contributed by atoms with van der Waals surface area (Å²) in [5.41, 5.74) is 2.06. The van der Waals surface area contributed by atoms with E-state index in [1.165, 1.54) is 0 Å². The van der Waals surface area contributed by atoms with Crippen molar-refractivity contribution in [1.29, 1.82) is 0 Å². The Hall–Kier alpha value is -2.56. The zero-order valence-electron chi connectivity index (χ0n) is 13.2. The second kappa shape index (κ2) is 7.45. The van der Waals surface area contributed by atoms with E-state index in [9.17, 15) is 4.79 Å². The quantitative estimate of drug-likeness (QED) is 0.769. The van der Waals surface area contributed by atoms with Gasteiger partial charge in [-0.15, -0.1) is 0 Å².